The number of primary amides is 1. The number of rotatable bonds is 9. The Bertz CT molecular complexity index is 1080. The number of nitrogens with one attached hydrogen (secondary N) is 1. The van der Waals surface area contributed by atoms with Crippen LogP contribution in [0.3, 0.4) is 0 Å². The fourth-order valence-electron chi connectivity index (χ4n) is 3.68. The number of carbonyl (C=O) groups excluding carboxylic acids is 1. The smallest absolute Gasteiger partial charge is 0.404 e. The van der Waals surface area contributed by atoms with Crippen molar-refractivity contribution < 1.29 is 9.53 Å². The van der Waals surface area contributed by atoms with Crippen molar-refractivity contribution >= 4 is 17.7 Å². The average molecular weight is 447 g/mol. The zero-order chi connectivity index (χ0) is 23.8. The van der Waals surface area contributed by atoms with Gasteiger partial charge in [-0.3, -0.25) is 0 Å². The molecule has 6 nitrogen and oxygen atoms in total. The summed E-state index contributed by atoms with van der Waals surface area (Å²) in [4.78, 5) is 20.5. The molecule has 2 aromatic heterocycles. The first-order chi connectivity index (χ1) is 15.7. The first kappa shape index (κ1) is 24.2. The number of anilines is 2. The predicted molar refractivity (Wildman–Crippen MR) is 134 cm³/mol. The van der Waals surface area contributed by atoms with Crippen molar-refractivity contribution in [3.63, 3.8) is 0 Å². The fourth-order valence-corrected chi connectivity index (χ4v) is 3.68. The highest BCUT2D eigenvalue weighted by Gasteiger charge is 2.15. The Labute approximate surface area is 196 Å². The summed E-state index contributed by atoms with van der Waals surface area (Å²) >= 11 is 0. The van der Waals surface area contributed by atoms with Gasteiger partial charge in [0.15, 0.2) is 0 Å². The van der Waals surface area contributed by atoms with Crippen molar-refractivity contribution in [2.75, 3.05) is 5.32 Å². The van der Waals surface area contributed by atoms with Crippen molar-refractivity contribution in [1.29, 1.82) is 0 Å². The van der Waals surface area contributed by atoms with Gasteiger partial charge in [-0.2, -0.15) is 0 Å². The molecule has 0 saturated carbocycles. The number of unbranched alkanes of at least 4 members (excludes halogenated alkanes) is 1. The predicted octanol–water partition coefficient (Wildman–Crippen LogP) is 6.38. The third-order valence-corrected chi connectivity index (χ3v) is 5.48. The Morgan fingerprint density at radius 2 is 1.88 bits per heavy atom. The highest BCUT2D eigenvalue weighted by molar-refractivity contribution is 5.65. The van der Waals surface area contributed by atoms with Gasteiger partial charge in [-0.25, -0.2) is 14.8 Å². The average Bonchev–Trinajstić information content (AvgIpc) is 2.77. The van der Waals surface area contributed by atoms with Crippen LogP contribution in [0.5, 0.6) is 0 Å². The van der Waals surface area contributed by atoms with Crippen molar-refractivity contribution in [2.24, 2.45) is 5.73 Å². The summed E-state index contributed by atoms with van der Waals surface area (Å²) in [7, 11) is 0. The number of pyridine rings is 2. The Morgan fingerprint density at radius 1 is 1.09 bits per heavy atom. The third kappa shape index (κ3) is 7.31. The van der Waals surface area contributed by atoms with Crippen LogP contribution in [0.2, 0.25) is 0 Å². The second-order valence-corrected chi connectivity index (χ2v) is 9.32. The van der Waals surface area contributed by atoms with Crippen LogP contribution in [0.1, 0.15) is 58.1 Å². The van der Waals surface area contributed by atoms with Gasteiger partial charge in [0.05, 0.1) is 5.69 Å². The van der Waals surface area contributed by atoms with E-state index in [1.54, 1.807) is 0 Å². The number of nitrogens with zero attached hydrogens (tertiary/aromatic N) is 2. The maximum atomic E-state index is 11.3. The molecule has 1 aromatic carbocycles. The third-order valence-electron chi connectivity index (χ3n) is 5.48. The molecular weight excluding hydrogens is 412 g/mol. The molecule has 0 aliphatic rings. The summed E-state index contributed by atoms with van der Waals surface area (Å²) < 4.78 is 5.33. The summed E-state index contributed by atoms with van der Waals surface area (Å²) in [5.74, 6) is 1.50. The summed E-state index contributed by atoms with van der Waals surface area (Å²) in [5, 5.41) is 3.32. The molecule has 33 heavy (non-hydrogen) atoms. The van der Waals surface area contributed by atoms with Crippen LogP contribution in [0, 0.1) is 0 Å². The topological polar surface area (TPSA) is 90.1 Å². The quantitative estimate of drug-likeness (QED) is 0.398. The maximum absolute atomic E-state index is 11.3. The first-order valence-corrected chi connectivity index (χ1v) is 11.5. The van der Waals surface area contributed by atoms with E-state index < -0.39 is 6.09 Å². The molecule has 3 aromatic rings. The minimum atomic E-state index is -0.725. The molecule has 0 aliphatic carbocycles. The van der Waals surface area contributed by atoms with E-state index >= 15 is 0 Å². The molecule has 0 spiro atoms. The minimum Gasteiger partial charge on any atom is -0.446 e. The molecule has 0 fully saturated rings. The molecule has 1 amide bonds. The summed E-state index contributed by atoms with van der Waals surface area (Å²) in [5.41, 5.74) is 9.46. The van der Waals surface area contributed by atoms with Gasteiger partial charge in [0.2, 0.25) is 0 Å². The molecule has 0 aliphatic heterocycles. The van der Waals surface area contributed by atoms with Gasteiger partial charge in [-0.1, -0.05) is 64.8 Å². The van der Waals surface area contributed by atoms with Crippen molar-refractivity contribution in [3.05, 3.63) is 71.9 Å². The summed E-state index contributed by atoms with van der Waals surface area (Å²) in [6.07, 6.45) is 4.31. The molecular formula is C27H34N4O2. The first-order valence-electron chi connectivity index (χ1n) is 11.5. The highest BCUT2D eigenvalue weighted by Crippen LogP contribution is 2.26. The van der Waals surface area contributed by atoms with E-state index in [-0.39, 0.29) is 11.5 Å². The normalized spacial score (nSPS) is 12.2. The Kier molecular flexibility index (Phi) is 8.04. The molecule has 0 saturated heterocycles. The van der Waals surface area contributed by atoms with Gasteiger partial charge in [-0.05, 0) is 53.3 Å². The van der Waals surface area contributed by atoms with Crippen molar-refractivity contribution in [3.8, 4) is 11.3 Å². The Morgan fingerprint density at radius 3 is 2.61 bits per heavy atom. The second-order valence-electron chi connectivity index (χ2n) is 9.32. The minimum absolute atomic E-state index is 0.0440. The zero-order valence-electron chi connectivity index (χ0n) is 20.0. The Hall–Kier alpha value is -3.41. The molecule has 1 atom stereocenters. The SMILES string of the molecule is CCCCC(Cc1cccc(-c2cccc(Nc3cc(C(C)(C)C)ccn3)n2)c1)OC(N)=O. The van der Waals surface area contributed by atoms with Crippen LogP contribution < -0.4 is 11.1 Å². The van der Waals surface area contributed by atoms with E-state index in [4.69, 9.17) is 15.5 Å². The monoisotopic (exact) mass is 446 g/mol. The van der Waals surface area contributed by atoms with Gasteiger partial charge >= 0.3 is 6.09 Å². The Balaban J connectivity index is 1.78. The number of hydrogen-bond acceptors (Lipinski definition) is 5. The molecule has 0 bridgehead atoms. The number of carbonyl (C=O) groups is 1. The van der Waals surface area contributed by atoms with Crippen LogP contribution in [0.25, 0.3) is 11.3 Å². The number of aromatic nitrogens is 2. The van der Waals surface area contributed by atoms with Crippen LogP contribution in [0.4, 0.5) is 16.4 Å². The van der Waals surface area contributed by atoms with Crippen LogP contribution in [0.15, 0.2) is 60.8 Å². The van der Waals surface area contributed by atoms with Gasteiger partial charge in [-0.15, -0.1) is 0 Å². The lowest BCUT2D eigenvalue weighted by Gasteiger charge is -2.19. The lowest BCUT2D eigenvalue weighted by Crippen LogP contribution is -2.24. The molecule has 2 heterocycles. The zero-order valence-corrected chi connectivity index (χ0v) is 20.0. The van der Waals surface area contributed by atoms with E-state index in [1.807, 2.05) is 48.7 Å². The van der Waals surface area contributed by atoms with Gasteiger partial charge in [0, 0.05) is 18.2 Å². The molecule has 1 unspecified atom stereocenters. The van der Waals surface area contributed by atoms with E-state index in [2.05, 4.69) is 50.1 Å². The molecule has 0 radical (unpaired) electrons. The molecule has 3 N–H and O–H groups in total. The number of ether oxygens (including phenoxy) is 1. The lowest BCUT2D eigenvalue weighted by molar-refractivity contribution is 0.0997. The summed E-state index contributed by atoms with van der Waals surface area (Å²) in [6, 6.07) is 18.2. The maximum Gasteiger partial charge on any atom is 0.404 e. The van der Waals surface area contributed by atoms with Gasteiger partial charge < -0.3 is 15.8 Å². The standard InChI is InChI=1S/C27H34N4O2/c1-5-6-11-22(33-26(28)32)17-19-9-7-10-20(16-19)23-12-8-13-24(30-23)31-25-18-21(14-15-29-25)27(2,3)4/h7-10,12-16,18,22H,5-6,11,17H2,1-4H3,(H2,28,32)(H,29,30,31). The number of benzene rings is 1. The number of amides is 1. The highest BCUT2D eigenvalue weighted by atomic mass is 16.6. The largest absolute Gasteiger partial charge is 0.446 e. The van der Waals surface area contributed by atoms with E-state index in [0.29, 0.717) is 6.42 Å². The van der Waals surface area contributed by atoms with Crippen LogP contribution >= 0.6 is 0 Å². The summed E-state index contributed by atoms with van der Waals surface area (Å²) in [6.45, 7) is 8.65. The fraction of sp³-hybridized carbons (Fsp3) is 0.370. The molecule has 3 rings (SSSR count). The lowest BCUT2D eigenvalue weighted by atomic mass is 9.88. The van der Waals surface area contributed by atoms with Crippen molar-refractivity contribution in [1.82, 2.24) is 9.97 Å². The second kappa shape index (κ2) is 10.9. The van der Waals surface area contributed by atoms with E-state index in [0.717, 1.165) is 47.7 Å². The molecule has 6 heteroatoms. The van der Waals surface area contributed by atoms with Gasteiger partial charge in [0.1, 0.15) is 17.7 Å². The molecule has 174 valence electrons. The van der Waals surface area contributed by atoms with Crippen LogP contribution in [-0.2, 0) is 16.6 Å². The number of hydrogen-bond donors (Lipinski definition) is 2. The van der Waals surface area contributed by atoms with E-state index in [9.17, 15) is 4.79 Å². The van der Waals surface area contributed by atoms with Gasteiger partial charge in [0.25, 0.3) is 0 Å². The van der Waals surface area contributed by atoms with Crippen molar-refractivity contribution in [2.45, 2.75) is 64.9 Å². The van der Waals surface area contributed by atoms with Crippen LogP contribution in [-0.4, -0.2) is 22.2 Å². The number of nitrogens with two attached hydrogens (primary N) is 1. The van der Waals surface area contributed by atoms with E-state index in [1.165, 1.54) is 5.56 Å².